The van der Waals surface area contributed by atoms with Gasteiger partial charge >= 0.3 is 0 Å². The molecule has 2 atom stereocenters. The Morgan fingerprint density at radius 1 is 1.53 bits per heavy atom. The molecule has 2 rings (SSSR count). The number of carbonyl (C=O) groups is 1. The zero-order chi connectivity index (χ0) is 12.5. The minimum atomic E-state index is -1.11. The van der Waals surface area contributed by atoms with Gasteiger partial charge in [-0.15, -0.1) is 0 Å². The highest BCUT2D eigenvalue weighted by Crippen LogP contribution is 2.41. The van der Waals surface area contributed by atoms with Crippen molar-refractivity contribution in [2.75, 3.05) is 0 Å². The minimum absolute atomic E-state index is 0.400. The summed E-state index contributed by atoms with van der Waals surface area (Å²) < 4.78 is 14.1. The second-order valence-corrected chi connectivity index (χ2v) is 4.20. The molecule has 1 amide bonds. The molecule has 4 heteroatoms. The first-order valence-electron chi connectivity index (χ1n) is 5.32. The maximum atomic E-state index is 14.1. The van der Waals surface area contributed by atoms with Gasteiger partial charge in [-0.25, -0.2) is 4.39 Å². The number of nitrogens with zero attached hydrogens (tertiary/aromatic N) is 1. The van der Waals surface area contributed by atoms with E-state index >= 15 is 0 Å². The Balaban J connectivity index is 2.56. The number of rotatable bonds is 2. The van der Waals surface area contributed by atoms with E-state index in [9.17, 15) is 9.18 Å². The Labute approximate surface area is 98.9 Å². The maximum absolute atomic E-state index is 14.1. The van der Waals surface area contributed by atoms with Gasteiger partial charge in [-0.2, -0.15) is 0 Å². The predicted molar refractivity (Wildman–Crippen MR) is 62.6 cm³/mol. The number of allylic oxidation sites excluding steroid dienone is 3. The predicted octanol–water partition coefficient (Wildman–Crippen LogP) is 1.86. The van der Waals surface area contributed by atoms with Crippen LogP contribution in [0.5, 0.6) is 0 Å². The van der Waals surface area contributed by atoms with Crippen LogP contribution in [0.15, 0.2) is 48.5 Å². The van der Waals surface area contributed by atoms with Crippen LogP contribution in [-0.2, 0) is 10.2 Å². The van der Waals surface area contributed by atoms with Gasteiger partial charge in [-0.05, 0) is 25.1 Å². The van der Waals surface area contributed by atoms with Crippen LogP contribution in [0.2, 0.25) is 0 Å². The molecule has 0 saturated carbocycles. The second-order valence-electron chi connectivity index (χ2n) is 4.20. The Kier molecular flexibility index (Phi) is 2.79. The standard InChI is InChI=1S/C13H13FN2O/c1-13(11-7-2-3-8-16-11)9(12(15)17)5-4-6-10(13)14/h2-9H,1H3,(H2,15,17). The van der Waals surface area contributed by atoms with E-state index in [4.69, 9.17) is 5.73 Å². The molecule has 0 aromatic carbocycles. The van der Waals surface area contributed by atoms with E-state index in [2.05, 4.69) is 4.98 Å². The lowest BCUT2D eigenvalue weighted by molar-refractivity contribution is -0.122. The fraction of sp³-hybridized carbons (Fsp3) is 0.231. The molecule has 0 bridgehead atoms. The van der Waals surface area contributed by atoms with E-state index in [1.54, 1.807) is 37.4 Å². The van der Waals surface area contributed by atoms with Gasteiger partial charge in [0, 0.05) is 6.20 Å². The van der Waals surface area contributed by atoms with E-state index in [-0.39, 0.29) is 0 Å². The molecular weight excluding hydrogens is 219 g/mol. The maximum Gasteiger partial charge on any atom is 0.225 e. The zero-order valence-corrected chi connectivity index (χ0v) is 9.43. The smallest absolute Gasteiger partial charge is 0.225 e. The van der Waals surface area contributed by atoms with Crippen LogP contribution < -0.4 is 5.73 Å². The normalized spacial score (nSPS) is 27.6. The van der Waals surface area contributed by atoms with Crippen molar-refractivity contribution in [3.05, 3.63) is 54.1 Å². The van der Waals surface area contributed by atoms with Gasteiger partial charge in [0.25, 0.3) is 0 Å². The number of amides is 1. The fourth-order valence-electron chi connectivity index (χ4n) is 2.10. The third-order valence-electron chi connectivity index (χ3n) is 3.17. The van der Waals surface area contributed by atoms with Gasteiger partial charge in [-0.3, -0.25) is 9.78 Å². The summed E-state index contributed by atoms with van der Waals surface area (Å²) in [7, 11) is 0. The van der Waals surface area contributed by atoms with Gasteiger partial charge in [-0.1, -0.05) is 18.2 Å². The molecule has 2 unspecified atom stereocenters. The Hall–Kier alpha value is -1.97. The van der Waals surface area contributed by atoms with Crippen molar-refractivity contribution < 1.29 is 9.18 Å². The summed E-state index contributed by atoms with van der Waals surface area (Å²) in [4.78, 5) is 15.6. The summed E-state index contributed by atoms with van der Waals surface area (Å²) in [6.07, 6.45) is 6.04. The number of primary amides is 1. The summed E-state index contributed by atoms with van der Waals surface area (Å²) in [5.74, 6) is -1.68. The van der Waals surface area contributed by atoms with Gasteiger partial charge in [0.05, 0.1) is 17.0 Å². The molecular formula is C13H13FN2O. The SMILES string of the molecule is CC1(c2ccccn2)C(F)=CC=CC1C(N)=O. The largest absolute Gasteiger partial charge is 0.369 e. The number of aromatic nitrogens is 1. The molecule has 0 radical (unpaired) electrons. The van der Waals surface area contributed by atoms with Crippen molar-refractivity contribution in [1.82, 2.24) is 4.98 Å². The summed E-state index contributed by atoms with van der Waals surface area (Å²) in [5.41, 5.74) is 4.72. The topological polar surface area (TPSA) is 56.0 Å². The third-order valence-corrected chi connectivity index (χ3v) is 3.17. The van der Waals surface area contributed by atoms with Gasteiger partial charge in [0.15, 0.2) is 0 Å². The van der Waals surface area contributed by atoms with Crippen molar-refractivity contribution >= 4 is 5.91 Å². The number of hydrogen-bond donors (Lipinski definition) is 1. The second kappa shape index (κ2) is 4.13. The number of nitrogens with two attached hydrogens (primary N) is 1. The van der Waals surface area contributed by atoms with E-state index in [0.717, 1.165) is 0 Å². The molecule has 1 heterocycles. The van der Waals surface area contributed by atoms with Crippen LogP contribution in [0, 0.1) is 5.92 Å². The van der Waals surface area contributed by atoms with E-state index in [0.29, 0.717) is 5.69 Å². The Morgan fingerprint density at radius 2 is 2.29 bits per heavy atom. The molecule has 1 aromatic rings. The number of hydrogen-bond acceptors (Lipinski definition) is 2. The van der Waals surface area contributed by atoms with Crippen molar-refractivity contribution in [2.45, 2.75) is 12.3 Å². The number of carbonyl (C=O) groups excluding carboxylic acids is 1. The quantitative estimate of drug-likeness (QED) is 0.846. The molecule has 1 aliphatic carbocycles. The summed E-state index contributed by atoms with van der Waals surface area (Å²) in [5, 5.41) is 0. The van der Waals surface area contributed by atoms with Gasteiger partial charge < -0.3 is 5.73 Å². The molecule has 0 fully saturated rings. The van der Waals surface area contributed by atoms with E-state index in [1.807, 2.05) is 0 Å². The molecule has 2 N–H and O–H groups in total. The van der Waals surface area contributed by atoms with E-state index in [1.165, 1.54) is 12.2 Å². The van der Waals surface area contributed by atoms with Gasteiger partial charge in [0.1, 0.15) is 5.83 Å². The molecule has 0 aliphatic heterocycles. The van der Waals surface area contributed by atoms with Crippen LogP contribution in [-0.4, -0.2) is 10.9 Å². The highest BCUT2D eigenvalue weighted by Gasteiger charge is 2.44. The first kappa shape index (κ1) is 11.5. The summed E-state index contributed by atoms with van der Waals surface area (Å²) in [6.45, 7) is 1.64. The molecule has 17 heavy (non-hydrogen) atoms. The highest BCUT2D eigenvalue weighted by molar-refractivity contribution is 5.81. The summed E-state index contributed by atoms with van der Waals surface area (Å²) in [6, 6.07) is 5.20. The first-order valence-corrected chi connectivity index (χ1v) is 5.32. The van der Waals surface area contributed by atoms with E-state index < -0.39 is 23.1 Å². The van der Waals surface area contributed by atoms with Crippen molar-refractivity contribution in [2.24, 2.45) is 11.7 Å². The lowest BCUT2D eigenvalue weighted by atomic mass is 9.70. The monoisotopic (exact) mass is 232 g/mol. The average Bonchev–Trinajstić information content (AvgIpc) is 2.33. The summed E-state index contributed by atoms with van der Waals surface area (Å²) >= 11 is 0. The van der Waals surface area contributed by atoms with Crippen LogP contribution in [0.4, 0.5) is 4.39 Å². The molecule has 0 spiro atoms. The molecule has 1 aliphatic rings. The lowest BCUT2D eigenvalue weighted by Gasteiger charge is -2.34. The molecule has 3 nitrogen and oxygen atoms in total. The molecule has 0 saturated heterocycles. The number of halogens is 1. The third kappa shape index (κ3) is 1.75. The van der Waals surface area contributed by atoms with Crippen molar-refractivity contribution in [1.29, 1.82) is 0 Å². The Bertz CT molecular complexity index is 495. The lowest BCUT2D eigenvalue weighted by Crippen LogP contribution is -2.42. The van der Waals surface area contributed by atoms with Crippen molar-refractivity contribution in [3.63, 3.8) is 0 Å². The molecule has 88 valence electrons. The highest BCUT2D eigenvalue weighted by atomic mass is 19.1. The number of pyridine rings is 1. The average molecular weight is 232 g/mol. The van der Waals surface area contributed by atoms with Crippen LogP contribution in [0.1, 0.15) is 12.6 Å². The van der Waals surface area contributed by atoms with Crippen LogP contribution >= 0.6 is 0 Å². The van der Waals surface area contributed by atoms with Gasteiger partial charge in [0.2, 0.25) is 5.91 Å². The minimum Gasteiger partial charge on any atom is -0.369 e. The van der Waals surface area contributed by atoms with Crippen molar-refractivity contribution in [3.8, 4) is 0 Å². The molecule has 1 aromatic heterocycles. The van der Waals surface area contributed by atoms with Crippen LogP contribution in [0.3, 0.4) is 0 Å². The zero-order valence-electron chi connectivity index (χ0n) is 9.43. The Morgan fingerprint density at radius 3 is 2.88 bits per heavy atom. The fourth-order valence-corrected chi connectivity index (χ4v) is 2.10. The van der Waals surface area contributed by atoms with Crippen LogP contribution in [0.25, 0.3) is 0 Å². The first-order chi connectivity index (χ1) is 8.06.